The SMILES string of the molecule is CCOC(=O)c1ccc(NC(=O)C2CC(=O)NC3=C2C(=O)CCC3)cc1. The molecule has 1 atom stereocenters. The molecule has 0 fully saturated rings. The molecule has 1 aromatic rings. The van der Waals surface area contributed by atoms with Crippen LogP contribution in [0.5, 0.6) is 0 Å². The van der Waals surface area contributed by atoms with Crippen molar-refractivity contribution in [1.82, 2.24) is 5.32 Å². The van der Waals surface area contributed by atoms with Crippen LogP contribution < -0.4 is 10.6 Å². The molecule has 0 saturated heterocycles. The van der Waals surface area contributed by atoms with E-state index in [0.29, 0.717) is 41.8 Å². The Morgan fingerprint density at radius 2 is 1.92 bits per heavy atom. The summed E-state index contributed by atoms with van der Waals surface area (Å²) < 4.78 is 4.91. The van der Waals surface area contributed by atoms with E-state index < -0.39 is 17.8 Å². The fourth-order valence-corrected chi connectivity index (χ4v) is 3.26. The number of anilines is 1. The highest BCUT2D eigenvalue weighted by Gasteiger charge is 2.37. The highest BCUT2D eigenvalue weighted by atomic mass is 16.5. The van der Waals surface area contributed by atoms with E-state index in [1.54, 1.807) is 31.2 Å². The zero-order chi connectivity index (χ0) is 18.7. The van der Waals surface area contributed by atoms with Gasteiger partial charge >= 0.3 is 5.97 Å². The number of carbonyl (C=O) groups is 4. The van der Waals surface area contributed by atoms with E-state index in [4.69, 9.17) is 4.74 Å². The lowest BCUT2D eigenvalue weighted by molar-refractivity contribution is -0.128. The maximum absolute atomic E-state index is 12.7. The molecule has 0 aromatic heterocycles. The first kappa shape index (κ1) is 17.8. The van der Waals surface area contributed by atoms with E-state index in [2.05, 4.69) is 10.6 Å². The van der Waals surface area contributed by atoms with E-state index in [-0.39, 0.29) is 24.7 Å². The Morgan fingerprint density at radius 3 is 2.62 bits per heavy atom. The Morgan fingerprint density at radius 1 is 1.19 bits per heavy atom. The van der Waals surface area contributed by atoms with Crippen molar-refractivity contribution in [1.29, 1.82) is 0 Å². The zero-order valence-electron chi connectivity index (χ0n) is 14.5. The largest absolute Gasteiger partial charge is 0.462 e. The third kappa shape index (κ3) is 3.66. The second-order valence-electron chi connectivity index (χ2n) is 6.26. The molecule has 26 heavy (non-hydrogen) atoms. The number of allylic oxidation sites excluding steroid dienone is 1. The van der Waals surface area contributed by atoms with Gasteiger partial charge < -0.3 is 15.4 Å². The highest BCUT2D eigenvalue weighted by molar-refractivity contribution is 6.09. The molecule has 1 unspecified atom stereocenters. The molecule has 2 aliphatic rings. The molecule has 7 nitrogen and oxygen atoms in total. The second-order valence-corrected chi connectivity index (χ2v) is 6.26. The Labute approximate surface area is 150 Å². The maximum Gasteiger partial charge on any atom is 0.338 e. The van der Waals surface area contributed by atoms with E-state index in [9.17, 15) is 19.2 Å². The van der Waals surface area contributed by atoms with Crippen molar-refractivity contribution in [3.63, 3.8) is 0 Å². The normalized spacial score (nSPS) is 19.5. The van der Waals surface area contributed by atoms with Crippen LogP contribution in [0.15, 0.2) is 35.5 Å². The highest BCUT2D eigenvalue weighted by Crippen LogP contribution is 2.32. The summed E-state index contributed by atoms with van der Waals surface area (Å²) in [7, 11) is 0. The molecule has 2 N–H and O–H groups in total. The van der Waals surface area contributed by atoms with E-state index in [1.807, 2.05) is 0 Å². The minimum absolute atomic E-state index is 0.0443. The number of benzene rings is 1. The standard InChI is InChI=1S/C19H20N2O5/c1-2-26-19(25)11-6-8-12(9-7-11)20-18(24)13-10-16(23)21-14-4-3-5-15(22)17(13)14/h6-9,13H,2-5,10H2,1H3,(H,20,24)(H,21,23). The number of ether oxygens (including phenoxy) is 1. The van der Waals surface area contributed by atoms with Crippen molar-refractivity contribution >= 4 is 29.3 Å². The molecule has 0 spiro atoms. The first-order valence-electron chi connectivity index (χ1n) is 8.63. The average Bonchev–Trinajstić information content (AvgIpc) is 2.61. The molecule has 1 aromatic carbocycles. The van der Waals surface area contributed by atoms with Crippen LogP contribution in [0.2, 0.25) is 0 Å². The van der Waals surface area contributed by atoms with Crippen LogP contribution in [-0.2, 0) is 19.1 Å². The number of hydrogen-bond donors (Lipinski definition) is 2. The van der Waals surface area contributed by atoms with Crippen LogP contribution in [0.25, 0.3) is 0 Å². The van der Waals surface area contributed by atoms with Gasteiger partial charge in [0.1, 0.15) is 0 Å². The number of rotatable bonds is 4. The Kier molecular flexibility index (Phi) is 5.16. The first-order chi connectivity index (χ1) is 12.5. The Bertz CT molecular complexity index is 795. The molecule has 1 heterocycles. The van der Waals surface area contributed by atoms with Crippen LogP contribution in [0, 0.1) is 5.92 Å². The monoisotopic (exact) mass is 356 g/mol. The molecule has 2 amide bonds. The molecule has 136 valence electrons. The maximum atomic E-state index is 12.7. The van der Waals surface area contributed by atoms with Crippen molar-refractivity contribution in [3.8, 4) is 0 Å². The smallest absolute Gasteiger partial charge is 0.338 e. The summed E-state index contributed by atoms with van der Waals surface area (Å²) in [6.45, 7) is 2.01. The predicted octanol–water partition coefficient (Wildman–Crippen LogP) is 1.94. The number of Topliss-reactive ketones (excluding diaryl/α,β-unsaturated/α-hetero) is 1. The molecule has 7 heteroatoms. The lowest BCUT2D eigenvalue weighted by atomic mass is 9.81. The predicted molar refractivity (Wildman–Crippen MR) is 93.2 cm³/mol. The molecule has 0 radical (unpaired) electrons. The zero-order valence-corrected chi connectivity index (χ0v) is 14.5. The van der Waals surface area contributed by atoms with Gasteiger partial charge in [0.25, 0.3) is 0 Å². The van der Waals surface area contributed by atoms with E-state index in [1.165, 1.54) is 0 Å². The number of amides is 2. The van der Waals surface area contributed by atoms with Crippen LogP contribution in [0.1, 0.15) is 43.0 Å². The van der Waals surface area contributed by atoms with E-state index in [0.717, 1.165) is 0 Å². The van der Waals surface area contributed by atoms with Gasteiger partial charge in [-0.25, -0.2) is 4.79 Å². The van der Waals surface area contributed by atoms with Gasteiger partial charge in [-0.15, -0.1) is 0 Å². The summed E-state index contributed by atoms with van der Waals surface area (Å²) in [6, 6.07) is 6.28. The fourth-order valence-electron chi connectivity index (χ4n) is 3.26. The molecule has 1 aliphatic heterocycles. The van der Waals surface area contributed by atoms with Crippen LogP contribution >= 0.6 is 0 Å². The number of carbonyl (C=O) groups excluding carboxylic acids is 4. The number of ketones is 1. The van der Waals surface area contributed by atoms with Crippen LogP contribution in [-0.4, -0.2) is 30.2 Å². The van der Waals surface area contributed by atoms with Gasteiger partial charge in [0.05, 0.1) is 18.1 Å². The van der Waals surface area contributed by atoms with Gasteiger partial charge in [0.15, 0.2) is 5.78 Å². The minimum atomic E-state index is -0.781. The van der Waals surface area contributed by atoms with Crippen LogP contribution in [0.4, 0.5) is 5.69 Å². The van der Waals surface area contributed by atoms with Crippen molar-refractivity contribution < 1.29 is 23.9 Å². The van der Waals surface area contributed by atoms with Crippen molar-refractivity contribution in [2.24, 2.45) is 5.92 Å². The summed E-state index contributed by atoms with van der Waals surface area (Å²) in [5, 5.41) is 5.44. The summed E-state index contributed by atoms with van der Waals surface area (Å²) >= 11 is 0. The summed E-state index contributed by atoms with van der Waals surface area (Å²) in [4.78, 5) is 48.5. The minimum Gasteiger partial charge on any atom is -0.462 e. The lowest BCUT2D eigenvalue weighted by Gasteiger charge is -2.30. The molecule has 3 rings (SSSR count). The van der Waals surface area contributed by atoms with Crippen molar-refractivity contribution in [2.45, 2.75) is 32.6 Å². The van der Waals surface area contributed by atoms with Gasteiger partial charge in [0, 0.05) is 29.8 Å². The van der Waals surface area contributed by atoms with Gasteiger partial charge in [-0.1, -0.05) is 0 Å². The summed E-state index contributed by atoms with van der Waals surface area (Å²) in [6.07, 6.45) is 1.64. The third-order valence-electron chi connectivity index (χ3n) is 4.46. The third-order valence-corrected chi connectivity index (χ3v) is 4.46. The molecular weight excluding hydrogens is 336 g/mol. The summed E-state index contributed by atoms with van der Waals surface area (Å²) in [5.41, 5.74) is 1.88. The van der Waals surface area contributed by atoms with Gasteiger partial charge in [-0.2, -0.15) is 0 Å². The first-order valence-corrected chi connectivity index (χ1v) is 8.63. The van der Waals surface area contributed by atoms with Crippen molar-refractivity contribution in [3.05, 3.63) is 41.1 Å². The van der Waals surface area contributed by atoms with Gasteiger partial charge in [0.2, 0.25) is 11.8 Å². The lowest BCUT2D eigenvalue weighted by Crippen LogP contribution is -2.41. The quantitative estimate of drug-likeness (QED) is 0.803. The van der Waals surface area contributed by atoms with Gasteiger partial charge in [-0.3, -0.25) is 14.4 Å². The fraction of sp³-hybridized carbons (Fsp3) is 0.368. The molecule has 1 aliphatic carbocycles. The summed E-state index contributed by atoms with van der Waals surface area (Å²) in [5.74, 6) is -1.94. The molecule has 0 saturated carbocycles. The molecule has 0 bridgehead atoms. The second kappa shape index (κ2) is 7.51. The Balaban J connectivity index is 1.75. The number of nitrogens with one attached hydrogen (secondary N) is 2. The van der Waals surface area contributed by atoms with Gasteiger partial charge in [-0.05, 0) is 44.0 Å². The average molecular weight is 356 g/mol. The number of esters is 1. The van der Waals surface area contributed by atoms with E-state index >= 15 is 0 Å². The Hall–Kier alpha value is -2.96. The topological polar surface area (TPSA) is 102 Å². The van der Waals surface area contributed by atoms with Crippen molar-refractivity contribution in [2.75, 3.05) is 11.9 Å². The molecular formula is C19H20N2O5. The van der Waals surface area contributed by atoms with Crippen LogP contribution in [0.3, 0.4) is 0 Å². The number of hydrogen-bond acceptors (Lipinski definition) is 5.